The molecule has 5 heterocycles. The molecule has 0 amide bonds. The SMILES string of the molecule is [2H]c1c([2H])c([2H])c(-c2nc(-c3cc(C(C)(C)C)cc(-c4ccccc4)c3N3c4ccccc4B4c5ccc(-n6c7c([2H])c([2H])c([2H])c([2H])c7c7c([2H])c([2H])c([2H])c([2H])c76)cc5N(c5c(-c6ccccc6)cc(C(C)(C)C)cc5-c5ccccc5)c5cc(-n6c7c([2H])c([2H])c([2H])c([2H])c7c7c([2H])c([2H])c([2H])c([2H])c76)cc3c54)nc(-c3c([2H])c([2H])c([2H])c([2H])c3[2H])n2)c([2H])c1[2H]. The molecule has 0 fully saturated rings. The van der Waals surface area contributed by atoms with E-state index >= 15 is 0 Å². The molecule has 0 unspecified atom stereocenters. The molecule has 0 atom stereocenters. The Bertz CT molecular complexity index is 7510. The summed E-state index contributed by atoms with van der Waals surface area (Å²) in [6.45, 7) is 11.2. The van der Waals surface area contributed by atoms with E-state index in [1.807, 2.05) is 164 Å². The van der Waals surface area contributed by atoms with Crippen LogP contribution < -0.4 is 26.2 Å². The van der Waals surface area contributed by atoms with Crippen molar-refractivity contribution in [2.24, 2.45) is 0 Å². The van der Waals surface area contributed by atoms with E-state index in [4.69, 9.17) is 25.9 Å². The number of hydrogen-bond acceptors (Lipinski definition) is 5. The van der Waals surface area contributed by atoms with Crippen molar-refractivity contribution in [2.45, 2.75) is 52.4 Å². The molecule has 490 valence electrons. The Hall–Kier alpha value is -12.6. The van der Waals surface area contributed by atoms with Crippen LogP contribution in [0.25, 0.3) is 123 Å². The standard InChI is InChI=1S/C95H72BN7/c1-94(2,3)66-54-74(61-32-12-7-13-33-61)89(75(55-66)62-34-14-8-15-35-62)103-85-58-68(100-80-47-27-22-42-70(80)71-43-23-28-48-81(71)100)52-53-79(85)96-78-46-26-31-51-84(78)102(86-59-69(60-87(103)88(86)96)101-82-49-29-24-44-72(82)73-45-25-30-50-83(73)101)90-76(63-36-16-9-17-37-63)56-67(95(4,5)6)57-77(90)93-98-91(64-38-18-10-19-39-64)97-92(99-93)65-40-20-11-21-41-65/h7-60H,1-6H3/i10D,11D,18D,19D,20D,21D,22D,23D,24D,25D,27D,28D,29D,30D,38D,39D,40D,41D,42D,43D,44D,45D,47D,48D,49D,50D. The van der Waals surface area contributed by atoms with E-state index in [1.165, 1.54) is 9.13 Å². The van der Waals surface area contributed by atoms with Gasteiger partial charge in [0.1, 0.15) is 0 Å². The van der Waals surface area contributed by atoms with Crippen molar-refractivity contribution in [3.05, 3.63) is 338 Å². The lowest BCUT2D eigenvalue weighted by Crippen LogP contribution is -2.61. The minimum atomic E-state index is -1.01. The zero-order valence-corrected chi connectivity index (χ0v) is 56.4. The van der Waals surface area contributed by atoms with Gasteiger partial charge < -0.3 is 18.9 Å². The number of nitrogens with zero attached hydrogens (tertiary/aromatic N) is 7. The zero-order valence-electron chi connectivity index (χ0n) is 82.4. The van der Waals surface area contributed by atoms with Crippen LogP contribution in [-0.2, 0) is 10.8 Å². The molecule has 0 aliphatic carbocycles. The minimum absolute atomic E-state index is 0.0102. The average molecular weight is 1350 g/mol. The van der Waals surface area contributed by atoms with Gasteiger partial charge in [0.05, 0.1) is 74.8 Å². The lowest BCUT2D eigenvalue weighted by atomic mass is 9.33. The van der Waals surface area contributed by atoms with Gasteiger partial charge in [-0.15, -0.1) is 0 Å². The highest BCUT2D eigenvalue weighted by molar-refractivity contribution is 7.00. The molecule has 0 bridgehead atoms. The summed E-state index contributed by atoms with van der Waals surface area (Å²) in [7, 11) is 0. The molecule has 0 saturated carbocycles. The maximum atomic E-state index is 10.2. The van der Waals surface area contributed by atoms with Crippen LogP contribution in [0.1, 0.15) is 88.3 Å². The topological polar surface area (TPSA) is 55.0 Å². The molecule has 0 radical (unpaired) electrons. The Morgan fingerprint density at radius 1 is 0.301 bits per heavy atom. The van der Waals surface area contributed by atoms with Crippen LogP contribution in [0.5, 0.6) is 0 Å². The van der Waals surface area contributed by atoms with Crippen LogP contribution >= 0.6 is 0 Å². The van der Waals surface area contributed by atoms with Crippen molar-refractivity contribution >= 4 is 101 Å². The third-order valence-corrected chi connectivity index (χ3v) is 19.5. The fourth-order valence-corrected chi connectivity index (χ4v) is 14.8. The van der Waals surface area contributed by atoms with Crippen molar-refractivity contribution in [1.29, 1.82) is 0 Å². The number of anilines is 6. The van der Waals surface area contributed by atoms with Gasteiger partial charge in [-0.2, -0.15) is 0 Å². The van der Waals surface area contributed by atoms with Crippen LogP contribution in [0.2, 0.25) is 0 Å². The molecular weight excluding hydrogens is 1250 g/mol. The van der Waals surface area contributed by atoms with Crippen LogP contribution in [-0.4, -0.2) is 30.8 Å². The molecule has 0 saturated heterocycles. The summed E-state index contributed by atoms with van der Waals surface area (Å²) < 4.78 is 249. The Labute approximate surface area is 637 Å². The van der Waals surface area contributed by atoms with E-state index in [0.29, 0.717) is 72.4 Å². The molecule has 19 rings (SSSR count). The molecule has 17 aromatic rings. The summed E-state index contributed by atoms with van der Waals surface area (Å²) in [4.78, 5) is 19.2. The lowest BCUT2D eigenvalue weighted by Gasteiger charge is -2.46. The Morgan fingerprint density at radius 2 is 0.650 bits per heavy atom. The smallest absolute Gasteiger partial charge is 0.252 e. The van der Waals surface area contributed by atoms with E-state index in [9.17, 15) is 24.7 Å². The molecule has 7 nitrogen and oxygen atoms in total. The fraction of sp³-hybridized carbons (Fsp3) is 0.0842. The Kier molecular flexibility index (Phi) is 9.33. The molecule has 0 N–H and O–H groups in total. The van der Waals surface area contributed by atoms with E-state index in [1.54, 1.807) is 24.3 Å². The second-order valence-electron chi connectivity index (χ2n) is 27.6. The highest BCUT2D eigenvalue weighted by Crippen LogP contribution is 2.55. The summed E-state index contributed by atoms with van der Waals surface area (Å²) in [6.07, 6.45) is 0. The van der Waals surface area contributed by atoms with E-state index < -0.39 is 197 Å². The Balaban J connectivity index is 1.07. The van der Waals surface area contributed by atoms with Gasteiger partial charge in [0.25, 0.3) is 6.71 Å². The van der Waals surface area contributed by atoms with Crippen LogP contribution in [0.15, 0.2) is 327 Å². The van der Waals surface area contributed by atoms with Crippen LogP contribution in [0.3, 0.4) is 0 Å². The van der Waals surface area contributed by atoms with Gasteiger partial charge in [0.15, 0.2) is 17.5 Å². The highest BCUT2D eigenvalue weighted by atomic mass is 15.2. The van der Waals surface area contributed by atoms with Gasteiger partial charge in [-0.3, -0.25) is 0 Å². The number of hydrogen-bond donors (Lipinski definition) is 0. The third-order valence-electron chi connectivity index (χ3n) is 19.5. The third kappa shape index (κ3) is 10.1. The Morgan fingerprint density at radius 3 is 1.10 bits per heavy atom. The van der Waals surface area contributed by atoms with Crippen LogP contribution in [0.4, 0.5) is 34.1 Å². The van der Waals surface area contributed by atoms with E-state index in [0.717, 1.165) is 5.56 Å². The maximum absolute atomic E-state index is 10.2. The molecule has 2 aliphatic rings. The summed E-state index contributed by atoms with van der Waals surface area (Å²) >= 11 is 0. The first-order valence-electron chi connectivity index (χ1n) is 46.7. The molecule has 2 aliphatic heterocycles. The quantitative estimate of drug-likeness (QED) is 0.128. The largest absolute Gasteiger partial charge is 0.310 e. The van der Waals surface area contributed by atoms with Crippen molar-refractivity contribution in [2.75, 3.05) is 9.80 Å². The predicted octanol–water partition coefficient (Wildman–Crippen LogP) is 22.7. The molecule has 0 spiro atoms. The van der Waals surface area contributed by atoms with Gasteiger partial charge in [0, 0.05) is 83.4 Å². The molecule has 3 aromatic heterocycles. The zero-order chi connectivity index (χ0) is 91.9. The van der Waals surface area contributed by atoms with Crippen molar-refractivity contribution < 1.29 is 35.6 Å². The number of fused-ring (bicyclic) bond motifs is 10. The molecular formula is C95H72BN7. The van der Waals surface area contributed by atoms with Gasteiger partial charge >= 0.3 is 0 Å². The second-order valence-corrected chi connectivity index (χ2v) is 27.6. The lowest BCUT2D eigenvalue weighted by molar-refractivity contribution is 0.590. The maximum Gasteiger partial charge on any atom is 0.252 e. The predicted molar refractivity (Wildman–Crippen MR) is 433 cm³/mol. The van der Waals surface area contributed by atoms with Crippen LogP contribution in [0, 0.1) is 0 Å². The number of para-hydroxylation sites is 5. The number of benzene rings is 14. The van der Waals surface area contributed by atoms with Crippen molar-refractivity contribution in [1.82, 2.24) is 24.1 Å². The second kappa shape index (κ2) is 24.0. The molecule has 8 heteroatoms. The van der Waals surface area contributed by atoms with Crippen molar-refractivity contribution in [3.8, 4) is 78.9 Å². The average Bonchev–Trinajstić information content (AvgIpc) is 1.67. The molecule has 14 aromatic carbocycles. The molecule has 103 heavy (non-hydrogen) atoms. The van der Waals surface area contributed by atoms with Gasteiger partial charge in [-0.05, 0) is 134 Å². The van der Waals surface area contributed by atoms with E-state index in [-0.39, 0.29) is 83.4 Å². The van der Waals surface area contributed by atoms with Gasteiger partial charge in [-0.25, -0.2) is 15.0 Å². The number of aromatic nitrogens is 5. The first-order valence-corrected chi connectivity index (χ1v) is 33.7. The monoisotopic (exact) mass is 1350 g/mol. The summed E-state index contributed by atoms with van der Waals surface area (Å²) in [5.41, 5.74) is 5.51. The van der Waals surface area contributed by atoms with E-state index in [2.05, 4.69) is 32.9 Å². The summed E-state index contributed by atoms with van der Waals surface area (Å²) in [5.74, 6) is -1.47. The minimum Gasteiger partial charge on any atom is -0.310 e. The summed E-state index contributed by atoms with van der Waals surface area (Å²) in [6, 6.07) is 34.9. The summed E-state index contributed by atoms with van der Waals surface area (Å²) in [5, 5.41) is -0.891. The normalized spacial score (nSPS) is 16.2. The highest BCUT2D eigenvalue weighted by Gasteiger charge is 2.46. The first kappa shape index (κ1) is 40.0. The number of rotatable bonds is 10. The first-order chi connectivity index (χ1) is 61.2. The fourth-order valence-electron chi connectivity index (χ4n) is 14.8. The van der Waals surface area contributed by atoms with Crippen molar-refractivity contribution in [3.63, 3.8) is 0 Å². The van der Waals surface area contributed by atoms with Gasteiger partial charge in [0.2, 0.25) is 0 Å². The van der Waals surface area contributed by atoms with Gasteiger partial charge in [-0.1, -0.05) is 290 Å².